The van der Waals surface area contributed by atoms with Gasteiger partial charge in [0.1, 0.15) is 0 Å². The van der Waals surface area contributed by atoms with Crippen LogP contribution in [0.3, 0.4) is 0 Å². The molecule has 20 heavy (non-hydrogen) atoms. The molecule has 0 amide bonds. The normalized spacial score (nSPS) is 19.1. The van der Waals surface area contributed by atoms with E-state index in [0.717, 1.165) is 5.56 Å². The van der Waals surface area contributed by atoms with Crippen LogP contribution in [0.2, 0.25) is 0 Å². The lowest BCUT2D eigenvalue weighted by atomic mass is 9.92. The van der Waals surface area contributed by atoms with Gasteiger partial charge in [-0.3, -0.25) is 0 Å². The van der Waals surface area contributed by atoms with Gasteiger partial charge in [0.05, 0.1) is 11.6 Å². The molecule has 1 aliphatic rings. The Labute approximate surface area is 124 Å². The topological polar surface area (TPSA) is 35.8 Å². The molecule has 0 saturated heterocycles. The minimum atomic E-state index is 0.263. The zero-order valence-electron chi connectivity index (χ0n) is 11.6. The summed E-state index contributed by atoms with van der Waals surface area (Å²) < 4.78 is 0. The van der Waals surface area contributed by atoms with Gasteiger partial charge in [0.2, 0.25) is 0 Å². The highest BCUT2D eigenvalue weighted by Crippen LogP contribution is 2.34. The van der Waals surface area contributed by atoms with Gasteiger partial charge in [0.15, 0.2) is 0 Å². The van der Waals surface area contributed by atoms with Gasteiger partial charge in [-0.05, 0) is 60.9 Å². The van der Waals surface area contributed by atoms with Crippen molar-refractivity contribution in [3.63, 3.8) is 0 Å². The first kappa shape index (κ1) is 13.4. The van der Waals surface area contributed by atoms with Crippen LogP contribution in [0, 0.1) is 11.3 Å². The fraction of sp³-hybridized carbons (Fsp3) is 0.353. The zero-order chi connectivity index (χ0) is 13.9. The van der Waals surface area contributed by atoms with E-state index in [1.807, 2.05) is 29.5 Å². The van der Waals surface area contributed by atoms with Crippen molar-refractivity contribution in [1.82, 2.24) is 5.32 Å². The number of aryl methyl sites for hydroxylation is 1. The third-order valence-corrected chi connectivity index (χ3v) is 5.02. The van der Waals surface area contributed by atoms with Gasteiger partial charge in [0, 0.05) is 17.0 Å². The van der Waals surface area contributed by atoms with Crippen LogP contribution in [-0.4, -0.2) is 0 Å². The van der Waals surface area contributed by atoms with E-state index >= 15 is 0 Å². The van der Waals surface area contributed by atoms with Crippen LogP contribution < -0.4 is 5.32 Å². The van der Waals surface area contributed by atoms with Gasteiger partial charge in [-0.25, -0.2) is 0 Å². The molecule has 1 aromatic carbocycles. The van der Waals surface area contributed by atoms with E-state index < -0.39 is 0 Å². The molecule has 0 radical (unpaired) electrons. The largest absolute Gasteiger partial charge is 0.303 e. The first-order valence-corrected chi connectivity index (χ1v) is 7.98. The number of thiophene rings is 1. The Morgan fingerprint density at radius 2 is 2.30 bits per heavy atom. The van der Waals surface area contributed by atoms with Crippen molar-refractivity contribution < 1.29 is 0 Å². The number of benzene rings is 1. The monoisotopic (exact) mass is 282 g/mol. The number of fused-ring (bicyclic) bond motifs is 1. The second-order valence-corrected chi connectivity index (χ2v) is 6.37. The first-order valence-electron chi connectivity index (χ1n) is 7.10. The van der Waals surface area contributed by atoms with Crippen molar-refractivity contribution in [3.05, 3.63) is 57.3 Å². The van der Waals surface area contributed by atoms with E-state index in [0.29, 0.717) is 6.04 Å². The van der Waals surface area contributed by atoms with Crippen LogP contribution in [-0.2, 0) is 6.42 Å². The summed E-state index contributed by atoms with van der Waals surface area (Å²) in [6.45, 7) is 2.18. The smallest absolute Gasteiger partial charge is 0.0991 e. The number of hydrogen-bond donors (Lipinski definition) is 1. The number of rotatable bonds is 3. The van der Waals surface area contributed by atoms with Gasteiger partial charge >= 0.3 is 0 Å². The quantitative estimate of drug-likeness (QED) is 0.908. The predicted octanol–water partition coefficient (Wildman–Crippen LogP) is 4.35. The molecule has 1 heterocycles. The summed E-state index contributed by atoms with van der Waals surface area (Å²) in [4.78, 5) is 1.53. The summed E-state index contributed by atoms with van der Waals surface area (Å²) in [6, 6.07) is 13.1. The summed E-state index contributed by atoms with van der Waals surface area (Å²) >= 11 is 1.88. The van der Waals surface area contributed by atoms with Crippen LogP contribution in [0.15, 0.2) is 35.7 Å². The molecule has 1 aliphatic carbocycles. The Bertz CT molecular complexity index is 638. The Morgan fingerprint density at radius 1 is 1.40 bits per heavy atom. The summed E-state index contributed by atoms with van der Waals surface area (Å²) in [6.07, 6.45) is 3.69. The molecule has 0 bridgehead atoms. The van der Waals surface area contributed by atoms with Gasteiger partial charge in [-0.2, -0.15) is 5.26 Å². The van der Waals surface area contributed by atoms with E-state index in [-0.39, 0.29) is 6.04 Å². The fourth-order valence-electron chi connectivity index (χ4n) is 2.94. The lowest BCUT2D eigenvalue weighted by molar-refractivity contribution is 0.418. The fourth-order valence-corrected chi connectivity index (χ4v) is 3.92. The lowest BCUT2D eigenvalue weighted by Crippen LogP contribution is -2.27. The van der Waals surface area contributed by atoms with Gasteiger partial charge < -0.3 is 5.32 Å². The molecule has 0 spiro atoms. The molecule has 0 fully saturated rings. The minimum absolute atomic E-state index is 0.263. The van der Waals surface area contributed by atoms with Crippen LogP contribution in [0.25, 0.3) is 0 Å². The first-order chi connectivity index (χ1) is 9.78. The maximum absolute atomic E-state index is 9.00. The molecular weight excluding hydrogens is 264 g/mol. The predicted molar refractivity (Wildman–Crippen MR) is 82.7 cm³/mol. The maximum atomic E-state index is 9.00. The summed E-state index contributed by atoms with van der Waals surface area (Å²) in [5, 5.41) is 14.9. The van der Waals surface area contributed by atoms with Crippen molar-refractivity contribution in [1.29, 1.82) is 5.26 Å². The summed E-state index contributed by atoms with van der Waals surface area (Å²) in [7, 11) is 0. The minimum Gasteiger partial charge on any atom is -0.303 e. The Morgan fingerprint density at radius 3 is 3.15 bits per heavy atom. The molecule has 102 valence electrons. The van der Waals surface area contributed by atoms with Crippen molar-refractivity contribution >= 4 is 11.3 Å². The molecule has 2 unspecified atom stereocenters. The van der Waals surface area contributed by atoms with Gasteiger partial charge in [0.25, 0.3) is 0 Å². The molecule has 1 aromatic heterocycles. The number of nitrogens with zero attached hydrogens (tertiary/aromatic N) is 1. The second kappa shape index (κ2) is 5.78. The number of nitriles is 1. The molecule has 0 aliphatic heterocycles. The van der Waals surface area contributed by atoms with Gasteiger partial charge in [-0.15, -0.1) is 11.3 Å². The van der Waals surface area contributed by atoms with E-state index in [2.05, 4.69) is 35.8 Å². The molecule has 0 saturated carbocycles. The van der Waals surface area contributed by atoms with E-state index in [1.165, 1.54) is 35.3 Å². The molecule has 3 heteroatoms. The van der Waals surface area contributed by atoms with E-state index in [9.17, 15) is 0 Å². The van der Waals surface area contributed by atoms with Crippen molar-refractivity contribution in [3.8, 4) is 6.07 Å². The van der Waals surface area contributed by atoms with E-state index in [4.69, 9.17) is 5.26 Å². The average molecular weight is 282 g/mol. The molecule has 1 N–H and O–H groups in total. The highest BCUT2D eigenvalue weighted by atomic mass is 32.1. The number of nitrogens with one attached hydrogen (secondary N) is 1. The Balaban J connectivity index is 1.77. The number of hydrogen-bond acceptors (Lipinski definition) is 3. The molecular formula is C17H18N2S. The third-order valence-electron chi connectivity index (χ3n) is 4.02. The lowest BCUT2D eigenvalue weighted by Gasteiger charge is -2.27. The Hall–Kier alpha value is -1.63. The molecule has 2 aromatic rings. The highest BCUT2D eigenvalue weighted by molar-refractivity contribution is 7.10. The second-order valence-electron chi connectivity index (χ2n) is 5.37. The zero-order valence-corrected chi connectivity index (χ0v) is 12.4. The Kier molecular flexibility index (Phi) is 3.86. The van der Waals surface area contributed by atoms with Gasteiger partial charge in [-0.1, -0.05) is 12.1 Å². The van der Waals surface area contributed by atoms with Crippen molar-refractivity contribution in [2.75, 3.05) is 0 Å². The molecule has 2 nitrogen and oxygen atoms in total. The van der Waals surface area contributed by atoms with Crippen molar-refractivity contribution in [2.45, 2.75) is 38.3 Å². The molecule has 2 atom stereocenters. The van der Waals surface area contributed by atoms with Crippen LogP contribution in [0.1, 0.15) is 53.4 Å². The van der Waals surface area contributed by atoms with Crippen LogP contribution in [0.5, 0.6) is 0 Å². The average Bonchev–Trinajstić information content (AvgIpc) is 2.97. The van der Waals surface area contributed by atoms with Crippen LogP contribution in [0.4, 0.5) is 0 Å². The third kappa shape index (κ3) is 2.63. The van der Waals surface area contributed by atoms with E-state index in [1.54, 1.807) is 0 Å². The highest BCUT2D eigenvalue weighted by Gasteiger charge is 2.22. The SMILES string of the molecule is CC(NC1CCCc2sccc21)c1cccc(C#N)c1. The van der Waals surface area contributed by atoms with Crippen molar-refractivity contribution in [2.24, 2.45) is 0 Å². The molecule has 3 rings (SSSR count). The maximum Gasteiger partial charge on any atom is 0.0991 e. The standard InChI is InChI=1S/C17H18N2S/c1-12(14-5-2-4-13(10-14)11-18)19-16-6-3-7-17-15(16)8-9-20-17/h2,4-5,8-10,12,16,19H,3,6-7H2,1H3. The van der Waals surface area contributed by atoms with Crippen LogP contribution >= 0.6 is 11.3 Å². The summed E-state index contributed by atoms with van der Waals surface area (Å²) in [5.41, 5.74) is 3.40. The summed E-state index contributed by atoms with van der Waals surface area (Å²) in [5.74, 6) is 0.